The van der Waals surface area contributed by atoms with Gasteiger partial charge in [0.2, 0.25) is 5.91 Å². The monoisotopic (exact) mass is 424 g/mol. The molecular weight excluding hydrogens is 402 g/mol. The minimum absolute atomic E-state index is 0.188. The zero-order valence-electron chi connectivity index (χ0n) is 17.0. The SMILES string of the molecule is COc1ccc(-c2cc(N3CCC(C(=O)Nc4ccc(F)c(F)c4)CC3)ncn2)cc1. The fraction of sp³-hybridized carbons (Fsp3) is 0.261. The van der Waals surface area contributed by atoms with Crippen LogP contribution in [0.3, 0.4) is 0 Å². The van der Waals surface area contributed by atoms with Gasteiger partial charge in [0.1, 0.15) is 17.9 Å². The van der Waals surface area contributed by atoms with Crippen molar-refractivity contribution in [2.45, 2.75) is 12.8 Å². The average molecular weight is 424 g/mol. The Morgan fingerprint density at radius 3 is 2.45 bits per heavy atom. The third-order valence-corrected chi connectivity index (χ3v) is 5.42. The van der Waals surface area contributed by atoms with Crippen molar-refractivity contribution in [1.29, 1.82) is 0 Å². The van der Waals surface area contributed by atoms with Crippen molar-refractivity contribution in [2.75, 3.05) is 30.4 Å². The number of nitrogens with one attached hydrogen (secondary N) is 1. The second-order valence-corrected chi connectivity index (χ2v) is 7.37. The predicted molar refractivity (Wildman–Crippen MR) is 114 cm³/mol. The maximum atomic E-state index is 13.4. The van der Waals surface area contributed by atoms with Gasteiger partial charge in [0.05, 0.1) is 12.8 Å². The van der Waals surface area contributed by atoms with E-state index in [1.165, 1.54) is 12.4 Å². The summed E-state index contributed by atoms with van der Waals surface area (Å²) in [6.45, 7) is 1.32. The van der Waals surface area contributed by atoms with Crippen LogP contribution in [0.1, 0.15) is 12.8 Å². The molecule has 4 rings (SSSR count). The quantitative estimate of drug-likeness (QED) is 0.662. The van der Waals surface area contributed by atoms with Crippen LogP contribution in [0.25, 0.3) is 11.3 Å². The van der Waals surface area contributed by atoms with Crippen LogP contribution in [-0.4, -0.2) is 36.1 Å². The summed E-state index contributed by atoms with van der Waals surface area (Å²) < 4.78 is 31.6. The standard InChI is InChI=1S/C23H22F2N4O2/c1-31-18-5-2-15(3-6-18)21-13-22(27-14-26-21)29-10-8-16(9-11-29)23(30)28-17-4-7-19(24)20(25)12-17/h2-7,12-14,16H,8-11H2,1H3,(H,28,30). The first-order chi connectivity index (χ1) is 15.0. The summed E-state index contributed by atoms with van der Waals surface area (Å²) in [6, 6.07) is 12.9. The summed E-state index contributed by atoms with van der Waals surface area (Å²) in [4.78, 5) is 23.4. The molecule has 1 aliphatic heterocycles. The smallest absolute Gasteiger partial charge is 0.227 e. The fourth-order valence-corrected chi connectivity index (χ4v) is 3.63. The Hall–Kier alpha value is -3.55. The number of piperidine rings is 1. The Bertz CT molecular complexity index is 1070. The molecule has 0 spiro atoms. The highest BCUT2D eigenvalue weighted by Crippen LogP contribution is 2.27. The molecule has 0 atom stereocenters. The molecule has 2 aromatic carbocycles. The zero-order valence-corrected chi connectivity index (χ0v) is 17.0. The molecule has 31 heavy (non-hydrogen) atoms. The van der Waals surface area contributed by atoms with E-state index in [9.17, 15) is 13.6 Å². The molecule has 8 heteroatoms. The zero-order chi connectivity index (χ0) is 21.8. The van der Waals surface area contributed by atoms with Gasteiger partial charge in [-0.15, -0.1) is 0 Å². The summed E-state index contributed by atoms with van der Waals surface area (Å²) >= 11 is 0. The molecule has 0 aliphatic carbocycles. The van der Waals surface area contributed by atoms with Crippen LogP contribution < -0.4 is 15.0 Å². The maximum absolute atomic E-state index is 13.4. The van der Waals surface area contributed by atoms with E-state index in [1.54, 1.807) is 7.11 Å². The van der Waals surface area contributed by atoms with Crippen molar-refractivity contribution in [3.05, 3.63) is 66.5 Å². The summed E-state index contributed by atoms with van der Waals surface area (Å²) in [5.41, 5.74) is 2.03. The molecule has 2 heterocycles. The van der Waals surface area contributed by atoms with Crippen LogP contribution >= 0.6 is 0 Å². The summed E-state index contributed by atoms with van der Waals surface area (Å²) in [5, 5.41) is 2.67. The largest absolute Gasteiger partial charge is 0.497 e. The van der Waals surface area contributed by atoms with Gasteiger partial charge in [0, 0.05) is 42.4 Å². The lowest BCUT2D eigenvalue weighted by atomic mass is 9.95. The van der Waals surface area contributed by atoms with E-state index < -0.39 is 11.6 Å². The van der Waals surface area contributed by atoms with E-state index in [1.807, 2.05) is 30.3 Å². The van der Waals surface area contributed by atoms with E-state index in [-0.39, 0.29) is 17.5 Å². The molecule has 0 unspecified atom stereocenters. The topological polar surface area (TPSA) is 67.3 Å². The van der Waals surface area contributed by atoms with Gasteiger partial charge in [-0.3, -0.25) is 4.79 Å². The number of hydrogen-bond acceptors (Lipinski definition) is 5. The molecule has 1 saturated heterocycles. The van der Waals surface area contributed by atoms with Crippen molar-refractivity contribution in [1.82, 2.24) is 9.97 Å². The molecule has 160 valence electrons. The molecule has 1 N–H and O–H groups in total. The lowest BCUT2D eigenvalue weighted by Gasteiger charge is -2.32. The van der Waals surface area contributed by atoms with Gasteiger partial charge in [0.25, 0.3) is 0 Å². The van der Waals surface area contributed by atoms with Crippen LogP contribution in [-0.2, 0) is 4.79 Å². The Kier molecular flexibility index (Phi) is 6.06. The van der Waals surface area contributed by atoms with Gasteiger partial charge >= 0.3 is 0 Å². The first-order valence-corrected chi connectivity index (χ1v) is 10.0. The predicted octanol–water partition coefficient (Wildman–Crippen LogP) is 4.29. The molecule has 3 aromatic rings. The second-order valence-electron chi connectivity index (χ2n) is 7.37. The first kappa shape index (κ1) is 20.7. The highest BCUT2D eigenvalue weighted by Gasteiger charge is 2.26. The number of benzene rings is 2. The van der Waals surface area contributed by atoms with E-state index in [2.05, 4.69) is 20.2 Å². The number of carbonyl (C=O) groups excluding carboxylic acids is 1. The molecule has 0 bridgehead atoms. The number of methoxy groups -OCH3 is 1. The Morgan fingerprint density at radius 1 is 1.03 bits per heavy atom. The molecule has 0 saturated carbocycles. The van der Waals surface area contributed by atoms with Crippen molar-refractivity contribution < 1.29 is 18.3 Å². The highest BCUT2D eigenvalue weighted by atomic mass is 19.2. The number of nitrogens with zero attached hydrogens (tertiary/aromatic N) is 3. The Labute approximate surface area is 178 Å². The summed E-state index contributed by atoms with van der Waals surface area (Å²) in [5.74, 6) is -0.726. The molecule has 1 fully saturated rings. The second kappa shape index (κ2) is 9.07. The third-order valence-electron chi connectivity index (χ3n) is 5.42. The van der Waals surface area contributed by atoms with Crippen molar-refractivity contribution in [2.24, 2.45) is 5.92 Å². The number of halogens is 2. The van der Waals surface area contributed by atoms with E-state index in [0.29, 0.717) is 25.9 Å². The van der Waals surface area contributed by atoms with Crippen LogP contribution in [0, 0.1) is 17.6 Å². The first-order valence-electron chi connectivity index (χ1n) is 10.0. The van der Waals surface area contributed by atoms with Gasteiger partial charge < -0.3 is 15.0 Å². The molecule has 1 aromatic heterocycles. The van der Waals surface area contributed by atoms with Crippen molar-refractivity contribution in [3.8, 4) is 17.0 Å². The minimum Gasteiger partial charge on any atom is -0.497 e. The van der Waals surface area contributed by atoms with E-state index >= 15 is 0 Å². The number of hydrogen-bond donors (Lipinski definition) is 1. The van der Waals surface area contributed by atoms with E-state index in [0.717, 1.165) is 35.0 Å². The number of carbonyl (C=O) groups is 1. The number of ether oxygens (including phenoxy) is 1. The Balaban J connectivity index is 1.38. The third kappa shape index (κ3) is 4.79. The van der Waals surface area contributed by atoms with Crippen LogP contribution in [0.2, 0.25) is 0 Å². The molecule has 1 amide bonds. The number of rotatable bonds is 5. The summed E-state index contributed by atoms with van der Waals surface area (Å²) in [7, 11) is 1.62. The van der Waals surface area contributed by atoms with Crippen molar-refractivity contribution >= 4 is 17.4 Å². The fourth-order valence-electron chi connectivity index (χ4n) is 3.63. The Morgan fingerprint density at radius 2 is 1.77 bits per heavy atom. The van der Waals surface area contributed by atoms with Crippen LogP contribution in [0.5, 0.6) is 5.75 Å². The number of amides is 1. The van der Waals surface area contributed by atoms with Gasteiger partial charge in [-0.25, -0.2) is 18.7 Å². The molecular formula is C23H22F2N4O2. The van der Waals surface area contributed by atoms with Gasteiger partial charge in [-0.1, -0.05) is 0 Å². The normalized spacial score (nSPS) is 14.4. The molecule has 6 nitrogen and oxygen atoms in total. The van der Waals surface area contributed by atoms with Crippen molar-refractivity contribution in [3.63, 3.8) is 0 Å². The lowest BCUT2D eigenvalue weighted by molar-refractivity contribution is -0.120. The van der Waals surface area contributed by atoms with Gasteiger partial charge in [-0.05, 0) is 49.2 Å². The van der Waals surface area contributed by atoms with Gasteiger partial charge in [-0.2, -0.15) is 0 Å². The van der Waals surface area contributed by atoms with Crippen LogP contribution in [0.15, 0.2) is 54.9 Å². The number of anilines is 2. The lowest BCUT2D eigenvalue weighted by Crippen LogP contribution is -2.38. The van der Waals surface area contributed by atoms with E-state index in [4.69, 9.17) is 4.74 Å². The average Bonchev–Trinajstić information content (AvgIpc) is 2.82. The maximum Gasteiger partial charge on any atom is 0.227 e. The van der Waals surface area contributed by atoms with Crippen LogP contribution in [0.4, 0.5) is 20.3 Å². The van der Waals surface area contributed by atoms with Gasteiger partial charge in [0.15, 0.2) is 11.6 Å². The highest BCUT2D eigenvalue weighted by molar-refractivity contribution is 5.92. The molecule has 0 radical (unpaired) electrons. The summed E-state index contributed by atoms with van der Waals surface area (Å²) in [6.07, 6.45) is 2.81. The minimum atomic E-state index is -0.982. The molecule has 1 aliphatic rings. The number of aromatic nitrogens is 2.